The molecule has 2 aromatic rings. The lowest BCUT2D eigenvalue weighted by molar-refractivity contribution is -0.137. The molecule has 32 heavy (non-hydrogen) atoms. The van der Waals surface area contributed by atoms with Gasteiger partial charge in [-0.1, -0.05) is 0 Å². The Morgan fingerprint density at radius 3 is 2.78 bits per heavy atom. The molecular weight excluding hydrogens is 449 g/mol. The Hall–Kier alpha value is -2.93. The van der Waals surface area contributed by atoms with Gasteiger partial charge in [0.05, 0.1) is 12.7 Å². The van der Waals surface area contributed by atoms with Crippen molar-refractivity contribution in [2.24, 2.45) is 5.92 Å². The van der Waals surface area contributed by atoms with Gasteiger partial charge in [-0.2, -0.15) is 18.2 Å². The molecule has 1 aromatic carbocycles. The predicted octanol–water partition coefficient (Wildman–Crippen LogP) is 2.43. The Labute approximate surface area is 182 Å². The molecular formula is C19H21F3N6O3S. The average Bonchev–Trinajstić information content (AvgIpc) is 3.31. The van der Waals surface area contributed by atoms with Gasteiger partial charge in [-0.25, -0.2) is 17.7 Å². The molecule has 3 N–H and O–H groups in total. The van der Waals surface area contributed by atoms with Gasteiger partial charge in [-0.05, 0) is 36.1 Å². The lowest BCUT2D eigenvalue weighted by Crippen LogP contribution is -2.28. The molecule has 1 amide bonds. The van der Waals surface area contributed by atoms with Crippen LogP contribution in [0.25, 0.3) is 0 Å². The molecule has 1 atom stereocenters. The van der Waals surface area contributed by atoms with Crippen molar-refractivity contribution >= 4 is 39.1 Å². The number of hydrogen-bond acceptors (Lipinski definition) is 7. The summed E-state index contributed by atoms with van der Waals surface area (Å²) in [5.74, 6) is -0.692. The number of alkyl halides is 3. The van der Waals surface area contributed by atoms with Gasteiger partial charge in [0.25, 0.3) is 0 Å². The number of fused-ring (bicyclic) bond motifs is 1. The number of aromatic nitrogens is 2. The van der Waals surface area contributed by atoms with E-state index in [1.54, 1.807) is 18.2 Å². The lowest BCUT2D eigenvalue weighted by atomic mass is 10.1. The number of hydrogen-bond donors (Lipinski definition) is 3. The molecule has 2 aliphatic rings. The van der Waals surface area contributed by atoms with Crippen molar-refractivity contribution in [1.29, 1.82) is 0 Å². The van der Waals surface area contributed by atoms with Gasteiger partial charge in [0.2, 0.25) is 21.9 Å². The number of carbonyl (C=O) groups excluding carboxylic acids is 1. The standard InChI is InChI=1S/C19H21F3N6O3S/c1-32(30,31)28-5-4-11(10-28)8-23-17-14(19(20,21)22)9-24-18(27-17)25-13-2-3-15-12(6-13)7-16(29)26-15/h2-3,6,9,11H,4-5,7-8,10H2,1H3,(H,26,29)(H2,23,24,25,27). The fourth-order valence-electron chi connectivity index (χ4n) is 3.73. The Morgan fingerprint density at radius 2 is 2.09 bits per heavy atom. The Bertz CT molecular complexity index is 1160. The van der Waals surface area contributed by atoms with E-state index in [2.05, 4.69) is 25.9 Å². The fourth-order valence-corrected chi connectivity index (χ4v) is 4.65. The van der Waals surface area contributed by atoms with Crippen LogP contribution in [-0.2, 0) is 27.4 Å². The van der Waals surface area contributed by atoms with Crippen molar-refractivity contribution in [3.05, 3.63) is 35.5 Å². The van der Waals surface area contributed by atoms with Crippen molar-refractivity contribution in [2.45, 2.75) is 19.0 Å². The molecule has 0 radical (unpaired) electrons. The van der Waals surface area contributed by atoms with E-state index in [9.17, 15) is 26.4 Å². The molecule has 0 aliphatic carbocycles. The number of amides is 1. The van der Waals surface area contributed by atoms with E-state index in [1.165, 1.54) is 4.31 Å². The van der Waals surface area contributed by atoms with Crippen LogP contribution in [0.15, 0.2) is 24.4 Å². The van der Waals surface area contributed by atoms with Crippen LogP contribution in [0, 0.1) is 5.92 Å². The minimum Gasteiger partial charge on any atom is -0.369 e. The highest BCUT2D eigenvalue weighted by Crippen LogP contribution is 2.35. The molecule has 13 heteroatoms. The van der Waals surface area contributed by atoms with Crippen LogP contribution in [0.4, 0.5) is 36.3 Å². The van der Waals surface area contributed by atoms with Gasteiger partial charge in [0, 0.05) is 37.2 Å². The minimum atomic E-state index is -4.66. The number of nitrogens with zero attached hydrogens (tertiary/aromatic N) is 3. The number of rotatable bonds is 6. The monoisotopic (exact) mass is 470 g/mol. The molecule has 1 aromatic heterocycles. The van der Waals surface area contributed by atoms with Gasteiger partial charge >= 0.3 is 6.18 Å². The third kappa shape index (κ3) is 4.93. The summed E-state index contributed by atoms with van der Waals surface area (Å²) >= 11 is 0. The van der Waals surface area contributed by atoms with E-state index in [0.717, 1.165) is 11.8 Å². The maximum atomic E-state index is 13.4. The molecule has 0 spiro atoms. The Kier molecular flexibility index (Phi) is 5.71. The second kappa shape index (κ2) is 8.20. The smallest absolute Gasteiger partial charge is 0.369 e. The summed E-state index contributed by atoms with van der Waals surface area (Å²) in [5, 5.41) is 8.29. The van der Waals surface area contributed by atoms with Crippen LogP contribution in [0.2, 0.25) is 0 Å². The first kappa shape index (κ1) is 22.3. The maximum absolute atomic E-state index is 13.4. The summed E-state index contributed by atoms with van der Waals surface area (Å²) in [6, 6.07) is 5.07. The highest BCUT2D eigenvalue weighted by atomic mass is 32.2. The molecule has 1 fully saturated rings. The summed E-state index contributed by atoms with van der Waals surface area (Å²) in [6.45, 7) is 0.715. The van der Waals surface area contributed by atoms with Crippen LogP contribution >= 0.6 is 0 Å². The van der Waals surface area contributed by atoms with Gasteiger partial charge in [0.1, 0.15) is 11.4 Å². The highest BCUT2D eigenvalue weighted by Gasteiger charge is 2.36. The van der Waals surface area contributed by atoms with Crippen LogP contribution in [0.3, 0.4) is 0 Å². The topological polar surface area (TPSA) is 116 Å². The van der Waals surface area contributed by atoms with Crippen molar-refractivity contribution in [3.63, 3.8) is 0 Å². The Morgan fingerprint density at radius 1 is 1.31 bits per heavy atom. The minimum absolute atomic E-state index is 0.0399. The van der Waals surface area contributed by atoms with Gasteiger partial charge in [-0.3, -0.25) is 4.79 Å². The lowest BCUT2D eigenvalue weighted by Gasteiger charge is -2.17. The first-order chi connectivity index (χ1) is 15.0. The number of carbonyl (C=O) groups is 1. The predicted molar refractivity (Wildman–Crippen MR) is 112 cm³/mol. The second-order valence-electron chi connectivity index (χ2n) is 7.83. The third-order valence-electron chi connectivity index (χ3n) is 5.36. The van der Waals surface area contributed by atoms with Crippen LogP contribution in [0.1, 0.15) is 17.5 Å². The van der Waals surface area contributed by atoms with Crippen molar-refractivity contribution in [3.8, 4) is 0 Å². The third-order valence-corrected chi connectivity index (χ3v) is 6.63. The first-order valence-corrected chi connectivity index (χ1v) is 11.7. The average molecular weight is 470 g/mol. The summed E-state index contributed by atoms with van der Waals surface area (Å²) in [5.41, 5.74) is 0.980. The van der Waals surface area contributed by atoms with Gasteiger partial charge in [-0.15, -0.1) is 0 Å². The van der Waals surface area contributed by atoms with E-state index in [4.69, 9.17) is 0 Å². The van der Waals surface area contributed by atoms with Crippen molar-refractivity contribution in [1.82, 2.24) is 14.3 Å². The molecule has 4 rings (SSSR count). The quantitative estimate of drug-likeness (QED) is 0.594. The molecule has 2 aliphatic heterocycles. The zero-order chi connectivity index (χ0) is 23.1. The van der Waals surface area contributed by atoms with Crippen molar-refractivity contribution < 1.29 is 26.4 Å². The number of sulfonamides is 1. The van der Waals surface area contributed by atoms with Gasteiger partial charge in [0.15, 0.2) is 0 Å². The number of nitrogens with one attached hydrogen (secondary N) is 3. The van der Waals surface area contributed by atoms with Crippen molar-refractivity contribution in [2.75, 3.05) is 41.8 Å². The molecule has 1 unspecified atom stereocenters. The number of anilines is 4. The SMILES string of the molecule is CS(=O)(=O)N1CCC(CNc2nc(Nc3ccc4c(c3)CC(=O)N4)ncc2C(F)(F)F)C1. The molecule has 1 saturated heterocycles. The van der Waals surface area contributed by atoms with E-state index in [1.807, 2.05) is 0 Å². The zero-order valence-electron chi connectivity index (χ0n) is 17.0. The van der Waals surface area contributed by atoms with Crippen LogP contribution in [0.5, 0.6) is 0 Å². The molecule has 172 valence electrons. The Balaban J connectivity index is 1.50. The molecule has 0 saturated carbocycles. The number of halogens is 3. The number of benzene rings is 1. The molecule has 9 nitrogen and oxygen atoms in total. The van der Waals surface area contributed by atoms with E-state index in [-0.39, 0.29) is 43.1 Å². The maximum Gasteiger partial charge on any atom is 0.421 e. The molecule has 3 heterocycles. The van der Waals surface area contributed by atoms with Gasteiger partial charge < -0.3 is 16.0 Å². The van der Waals surface area contributed by atoms with Crippen LogP contribution < -0.4 is 16.0 Å². The largest absolute Gasteiger partial charge is 0.421 e. The normalized spacial score (nSPS) is 19.0. The van der Waals surface area contributed by atoms with E-state index in [0.29, 0.717) is 30.5 Å². The van der Waals surface area contributed by atoms with E-state index < -0.39 is 21.8 Å². The fraction of sp³-hybridized carbons (Fsp3) is 0.421. The first-order valence-electron chi connectivity index (χ1n) is 9.82. The van der Waals surface area contributed by atoms with E-state index >= 15 is 0 Å². The summed E-state index contributed by atoms with van der Waals surface area (Å²) in [6.07, 6.45) is -2.09. The summed E-state index contributed by atoms with van der Waals surface area (Å²) in [4.78, 5) is 19.3. The zero-order valence-corrected chi connectivity index (χ0v) is 17.8. The second-order valence-corrected chi connectivity index (χ2v) is 9.81. The molecule has 0 bridgehead atoms. The summed E-state index contributed by atoms with van der Waals surface area (Å²) < 4.78 is 64.9. The van der Waals surface area contributed by atoms with Crippen LogP contribution in [-0.4, -0.2) is 54.5 Å². The highest BCUT2D eigenvalue weighted by molar-refractivity contribution is 7.88. The summed E-state index contributed by atoms with van der Waals surface area (Å²) in [7, 11) is -3.33.